The van der Waals surface area contributed by atoms with Crippen LogP contribution < -0.4 is 20.1 Å². The first-order chi connectivity index (χ1) is 14.1. The zero-order chi connectivity index (χ0) is 20.6. The van der Waals surface area contributed by atoms with Crippen LogP contribution in [-0.2, 0) is 11.2 Å². The van der Waals surface area contributed by atoms with Crippen LogP contribution in [-0.4, -0.2) is 24.6 Å². The van der Waals surface area contributed by atoms with Gasteiger partial charge in [0.2, 0.25) is 0 Å². The van der Waals surface area contributed by atoms with Gasteiger partial charge in [-0.25, -0.2) is 0 Å². The van der Waals surface area contributed by atoms with Crippen molar-refractivity contribution in [3.05, 3.63) is 71.2 Å². The quantitative estimate of drug-likeness (QED) is 0.459. The van der Waals surface area contributed by atoms with Gasteiger partial charge in [0.05, 0.1) is 11.5 Å². The summed E-state index contributed by atoms with van der Waals surface area (Å²) in [6.45, 7) is 8.65. The summed E-state index contributed by atoms with van der Waals surface area (Å²) in [5.74, 6) is 1.22. The van der Waals surface area contributed by atoms with Crippen molar-refractivity contribution in [3.63, 3.8) is 0 Å². The molecule has 0 unspecified atom stereocenters. The molecule has 0 bridgehead atoms. The number of hydrogen-bond acceptors (Lipinski definition) is 5. The largest absolute Gasteiger partial charge is 0.490 e. The summed E-state index contributed by atoms with van der Waals surface area (Å²) in [6.07, 6.45) is 4.55. The van der Waals surface area contributed by atoms with E-state index in [1.807, 2.05) is 43.3 Å². The second kappa shape index (κ2) is 10.1. The molecule has 0 aliphatic carbocycles. The molecule has 1 saturated heterocycles. The fourth-order valence-electron chi connectivity index (χ4n) is 2.86. The number of amides is 1. The van der Waals surface area contributed by atoms with Gasteiger partial charge in [0.25, 0.3) is 5.91 Å². The van der Waals surface area contributed by atoms with Crippen molar-refractivity contribution in [2.24, 2.45) is 0 Å². The Labute approximate surface area is 176 Å². The normalized spacial score (nSPS) is 17.1. The number of carbonyl (C=O) groups excluding carboxylic acids is 1. The number of benzene rings is 2. The highest BCUT2D eigenvalue weighted by Gasteiger charge is 2.27. The van der Waals surface area contributed by atoms with Crippen LogP contribution in [0.4, 0.5) is 5.69 Å². The Bertz CT molecular complexity index is 893. The van der Waals surface area contributed by atoms with Gasteiger partial charge in [-0.15, -0.1) is 0 Å². The van der Waals surface area contributed by atoms with Gasteiger partial charge in [-0.05, 0) is 54.8 Å². The smallest absolute Gasteiger partial charge is 0.260 e. The Balaban J connectivity index is 1.71. The van der Waals surface area contributed by atoms with Gasteiger partial charge >= 0.3 is 0 Å². The number of ether oxygens (including phenoxy) is 2. The lowest BCUT2D eigenvalue weighted by molar-refractivity contribution is -0.116. The molecule has 152 valence electrons. The van der Waals surface area contributed by atoms with E-state index in [2.05, 4.69) is 36.3 Å². The third kappa shape index (κ3) is 5.57. The number of hydrogen-bond donors (Lipinski definition) is 2. The Hall–Kier alpha value is -2.86. The van der Waals surface area contributed by atoms with E-state index >= 15 is 0 Å². The summed E-state index contributed by atoms with van der Waals surface area (Å²) < 4.78 is 11.3. The van der Waals surface area contributed by atoms with Gasteiger partial charge in [0, 0.05) is 5.69 Å². The molecule has 29 heavy (non-hydrogen) atoms. The number of rotatable bonds is 9. The third-order valence-corrected chi connectivity index (χ3v) is 5.34. The molecular weight excluding hydrogens is 384 g/mol. The van der Waals surface area contributed by atoms with Crippen molar-refractivity contribution in [1.82, 2.24) is 5.32 Å². The highest BCUT2D eigenvalue weighted by molar-refractivity contribution is 8.05. The van der Waals surface area contributed by atoms with Crippen LogP contribution >= 0.6 is 11.8 Å². The van der Waals surface area contributed by atoms with E-state index in [1.54, 1.807) is 6.08 Å². The molecule has 3 rings (SSSR count). The van der Waals surface area contributed by atoms with Crippen molar-refractivity contribution in [2.45, 2.75) is 25.8 Å². The first kappa shape index (κ1) is 20.9. The van der Waals surface area contributed by atoms with E-state index in [4.69, 9.17) is 9.47 Å². The molecule has 1 heterocycles. The first-order valence-electron chi connectivity index (χ1n) is 9.68. The fraction of sp³-hybridized carbons (Fsp3) is 0.261. The minimum Gasteiger partial charge on any atom is -0.490 e. The van der Waals surface area contributed by atoms with Crippen LogP contribution in [0.5, 0.6) is 11.5 Å². The molecule has 1 amide bonds. The van der Waals surface area contributed by atoms with Crippen molar-refractivity contribution in [1.29, 1.82) is 0 Å². The Morgan fingerprint density at radius 2 is 1.93 bits per heavy atom. The molecule has 2 aromatic rings. The number of anilines is 1. The minimum absolute atomic E-state index is 0.0948. The number of thioether (sulfide) groups is 1. The second-order valence-corrected chi connectivity index (χ2v) is 7.56. The Morgan fingerprint density at radius 3 is 2.62 bits per heavy atom. The standard InChI is InChI=1S/C23H26N2O3S/c1-4-13-28-19-12-9-17(14-20(19)27-6-3)15-21-22(26)25-23(29-21)24-18-10-7-16(5-2)8-11-18/h4,7-12,14-15,23-24H,1,5-6,13H2,2-3H3,(H,25,26)/b21-15-/t23-/m0/s1. The molecule has 2 aromatic carbocycles. The monoisotopic (exact) mass is 410 g/mol. The maximum Gasteiger partial charge on any atom is 0.260 e. The van der Waals surface area contributed by atoms with Crippen LogP contribution in [0.2, 0.25) is 0 Å². The number of carbonyl (C=O) groups is 1. The van der Waals surface area contributed by atoms with E-state index in [-0.39, 0.29) is 11.4 Å². The van der Waals surface area contributed by atoms with E-state index in [9.17, 15) is 4.79 Å². The lowest BCUT2D eigenvalue weighted by Crippen LogP contribution is -2.30. The molecule has 0 radical (unpaired) electrons. The summed E-state index contributed by atoms with van der Waals surface area (Å²) in [7, 11) is 0. The zero-order valence-corrected chi connectivity index (χ0v) is 17.6. The maximum absolute atomic E-state index is 12.4. The van der Waals surface area contributed by atoms with E-state index in [0.717, 1.165) is 17.7 Å². The molecule has 1 atom stereocenters. The highest BCUT2D eigenvalue weighted by Crippen LogP contribution is 2.33. The molecule has 1 fully saturated rings. The minimum atomic E-state index is -0.206. The maximum atomic E-state index is 12.4. The van der Waals surface area contributed by atoms with Gasteiger partial charge < -0.3 is 20.1 Å². The summed E-state index contributed by atoms with van der Waals surface area (Å²) in [5.41, 5.74) is 2.93. The second-order valence-electron chi connectivity index (χ2n) is 6.41. The SMILES string of the molecule is C=CCOc1ccc(/C=C2\S[C@@H](Nc3ccc(CC)cc3)NC2=O)cc1OCC. The molecule has 2 N–H and O–H groups in total. The molecule has 1 aliphatic heterocycles. The molecule has 6 heteroatoms. The van der Waals surface area contributed by atoms with Crippen molar-refractivity contribution in [3.8, 4) is 11.5 Å². The molecule has 5 nitrogen and oxygen atoms in total. The predicted molar refractivity (Wildman–Crippen MR) is 120 cm³/mol. The van der Waals surface area contributed by atoms with Crippen molar-refractivity contribution < 1.29 is 14.3 Å². The van der Waals surface area contributed by atoms with Crippen molar-refractivity contribution in [2.75, 3.05) is 18.5 Å². The van der Waals surface area contributed by atoms with Crippen LogP contribution in [0.25, 0.3) is 6.08 Å². The predicted octanol–water partition coefficient (Wildman–Crippen LogP) is 4.81. The van der Waals surface area contributed by atoms with Gasteiger partial charge in [0.1, 0.15) is 6.61 Å². The average Bonchev–Trinajstić information content (AvgIpc) is 3.07. The average molecular weight is 411 g/mol. The zero-order valence-electron chi connectivity index (χ0n) is 16.7. The van der Waals surface area contributed by atoms with E-state index < -0.39 is 0 Å². The van der Waals surface area contributed by atoms with Crippen LogP contribution in [0.1, 0.15) is 25.0 Å². The molecule has 0 saturated carbocycles. The van der Waals surface area contributed by atoms with Crippen LogP contribution in [0, 0.1) is 0 Å². The summed E-state index contributed by atoms with van der Waals surface area (Å²) in [4.78, 5) is 13.0. The van der Waals surface area contributed by atoms with Gasteiger partial charge in [-0.1, -0.05) is 49.5 Å². The lowest BCUT2D eigenvalue weighted by atomic mass is 10.1. The molecule has 0 aromatic heterocycles. The third-order valence-electron chi connectivity index (χ3n) is 4.31. The highest BCUT2D eigenvalue weighted by atomic mass is 32.2. The Kier molecular flexibility index (Phi) is 7.25. The van der Waals surface area contributed by atoms with Gasteiger partial charge in [0.15, 0.2) is 17.0 Å². The number of nitrogens with one attached hydrogen (secondary N) is 2. The molecular formula is C23H26N2O3S. The van der Waals surface area contributed by atoms with Gasteiger partial charge in [-0.2, -0.15) is 0 Å². The first-order valence-corrected chi connectivity index (χ1v) is 10.6. The Morgan fingerprint density at radius 1 is 1.14 bits per heavy atom. The van der Waals surface area contributed by atoms with Crippen LogP contribution in [0.15, 0.2) is 60.0 Å². The van der Waals surface area contributed by atoms with Crippen LogP contribution in [0.3, 0.4) is 0 Å². The van der Waals surface area contributed by atoms with Gasteiger partial charge in [-0.3, -0.25) is 4.79 Å². The van der Waals surface area contributed by atoms with Crippen molar-refractivity contribution >= 4 is 29.4 Å². The van der Waals surface area contributed by atoms with E-state index in [1.165, 1.54) is 17.3 Å². The number of aryl methyl sites for hydroxylation is 1. The summed E-state index contributed by atoms with van der Waals surface area (Å²) in [6, 6.07) is 13.9. The fourth-order valence-corrected chi connectivity index (χ4v) is 3.84. The lowest BCUT2D eigenvalue weighted by Gasteiger charge is -2.13. The summed E-state index contributed by atoms with van der Waals surface area (Å²) >= 11 is 1.46. The topological polar surface area (TPSA) is 59.6 Å². The molecule has 1 aliphatic rings. The summed E-state index contributed by atoms with van der Waals surface area (Å²) in [5, 5.41) is 6.30. The molecule has 0 spiro atoms. The van der Waals surface area contributed by atoms with E-state index in [0.29, 0.717) is 29.6 Å².